The molecule has 2 fully saturated rings. The van der Waals surface area contributed by atoms with Gasteiger partial charge >= 0.3 is 5.97 Å². The third-order valence-corrected chi connectivity index (χ3v) is 7.13. The fourth-order valence-electron chi connectivity index (χ4n) is 4.60. The maximum atomic E-state index is 13.1. The average molecular weight is 385 g/mol. The van der Waals surface area contributed by atoms with Crippen LogP contribution in [0.2, 0.25) is 0 Å². The first-order valence-corrected chi connectivity index (χ1v) is 9.25. The van der Waals surface area contributed by atoms with Crippen LogP contribution in [0, 0.1) is 16.7 Å². The summed E-state index contributed by atoms with van der Waals surface area (Å²) >= 11 is 3.61. The Morgan fingerprint density at radius 1 is 1.25 bits per heavy atom. The lowest BCUT2D eigenvalue weighted by atomic mass is 9.68. The van der Waals surface area contributed by atoms with E-state index in [1.807, 2.05) is 36.4 Å². The minimum Gasteiger partial charge on any atom is -0.425 e. The topological polar surface area (TPSA) is 26.3 Å². The van der Waals surface area contributed by atoms with Crippen LogP contribution in [-0.2, 0) is 4.79 Å². The highest BCUT2D eigenvalue weighted by atomic mass is 79.9. The largest absolute Gasteiger partial charge is 0.425 e. The van der Waals surface area contributed by atoms with Crippen LogP contribution in [0.1, 0.15) is 33.1 Å². The van der Waals surface area contributed by atoms with Crippen molar-refractivity contribution in [1.82, 2.24) is 0 Å². The standard InChI is InChI=1S/C21H21BrO2/c1-13-20(2,3)15-10-11-21(13,12-15)19(23)24-17-9-8-14-6-4-5-7-16(14)18(17)22/h4-9,15H,1,10-12H2,2-3H3. The summed E-state index contributed by atoms with van der Waals surface area (Å²) in [5, 5.41) is 2.17. The Labute approximate surface area is 151 Å². The number of benzene rings is 2. The van der Waals surface area contributed by atoms with Gasteiger partial charge in [0.05, 0.1) is 9.89 Å². The highest BCUT2D eigenvalue weighted by Gasteiger charge is 2.61. The average Bonchev–Trinajstić information content (AvgIpc) is 3.10. The molecule has 2 bridgehead atoms. The van der Waals surface area contributed by atoms with Crippen molar-refractivity contribution in [2.24, 2.45) is 16.7 Å². The lowest BCUT2D eigenvalue weighted by Gasteiger charge is -2.36. The van der Waals surface area contributed by atoms with Crippen molar-refractivity contribution in [3.05, 3.63) is 53.0 Å². The molecule has 0 spiro atoms. The van der Waals surface area contributed by atoms with E-state index < -0.39 is 5.41 Å². The first-order chi connectivity index (χ1) is 11.4. The number of carbonyl (C=O) groups excluding carboxylic acids is 1. The molecule has 2 saturated carbocycles. The van der Waals surface area contributed by atoms with Crippen LogP contribution in [0.3, 0.4) is 0 Å². The second-order valence-electron chi connectivity index (χ2n) is 7.71. The highest BCUT2D eigenvalue weighted by Crippen LogP contribution is 2.65. The molecule has 2 aromatic rings. The molecular weight excluding hydrogens is 364 g/mol. The number of ether oxygens (including phenoxy) is 1. The van der Waals surface area contributed by atoms with Gasteiger partial charge in [0.25, 0.3) is 0 Å². The van der Waals surface area contributed by atoms with Gasteiger partial charge in [-0.05, 0) is 63.4 Å². The van der Waals surface area contributed by atoms with Crippen LogP contribution in [-0.4, -0.2) is 5.97 Å². The summed E-state index contributed by atoms with van der Waals surface area (Å²) in [6.07, 6.45) is 2.83. The number of rotatable bonds is 2. The third kappa shape index (κ3) is 2.03. The van der Waals surface area contributed by atoms with Gasteiger partial charge < -0.3 is 4.74 Å². The molecule has 124 valence electrons. The van der Waals surface area contributed by atoms with Gasteiger partial charge in [-0.3, -0.25) is 4.79 Å². The second-order valence-corrected chi connectivity index (χ2v) is 8.50. The molecule has 2 nitrogen and oxygen atoms in total. The molecular formula is C21H21BrO2. The lowest BCUT2D eigenvalue weighted by Crippen LogP contribution is -2.36. The summed E-state index contributed by atoms with van der Waals surface area (Å²) in [7, 11) is 0. The first kappa shape index (κ1) is 15.9. The molecule has 4 rings (SSSR count). The molecule has 24 heavy (non-hydrogen) atoms. The molecule has 0 amide bonds. The molecule has 0 aromatic heterocycles. The van der Waals surface area contributed by atoms with Crippen molar-refractivity contribution in [2.75, 3.05) is 0 Å². The van der Waals surface area contributed by atoms with Crippen molar-refractivity contribution in [3.8, 4) is 5.75 Å². The van der Waals surface area contributed by atoms with Crippen LogP contribution in [0.4, 0.5) is 0 Å². The van der Waals surface area contributed by atoms with Gasteiger partial charge in [-0.1, -0.05) is 56.3 Å². The van der Waals surface area contributed by atoms with Gasteiger partial charge in [-0.25, -0.2) is 0 Å². The zero-order chi connectivity index (χ0) is 17.1. The van der Waals surface area contributed by atoms with Crippen LogP contribution >= 0.6 is 15.9 Å². The summed E-state index contributed by atoms with van der Waals surface area (Å²) < 4.78 is 6.71. The SMILES string of the molecule is C=C1C2(C(=O)Oc3ccc4ccccc4c3Br)CCC(C2)C1(C)C. The molecule has 3 heteroatoms. The third-order valence-electron chi connectivity index (χ3n) is 6.31. The quantitative estimate of drug-likeness (QED) is 0.366. The van der Waals surface area contributed by atoms with Crippen LogP contribution < -0.4 is 4.74 Å². The summed E-state index contributed by atoms with van der Waals surface area (Å²) in [5.74, 6) is 0.989. The Balaban J connectivity index is 1.68. The zero-order valence-electron chi connectivity index (χ0n) is 14.1. The van der Waals surface area contributed by atoms with E-state index in [1.54, 1.807) is 0 Å². The van der Waals surface area contributed by atoms with Gasteiger partial charge in [-0.2, -0.15) is 0 Å². The van der Waals surface area contributed by atoms with Crippen LogP contribution in [0.5, 0.6) is 5.75 Å². The van der Waals surface area contributed by atoms with E-state index >= 15 is 0 Å². The molecule has 2 aromatic carbocycles. The van der Waals surface area contributed by atoms with E-state index in [0.717, 1.165) is 40.1 Å². The predicted octanol–water partition coefficient (Wildman–Crippen LogP) is 5.89. The van der Waals surface area contributed by atoms with Gasteiger partial charge in [0, 0.05) is 0 Å². The molecule has 0 heterocycles. The predicted molar refractivity (Wildman–Crippen MR) is 100.0 cm³/mol. The molecule has 2 aliphatic rings. The van der Waals surface area contributed by atoms with E-state index in [9.17, 15) is 4.79 Å². The van der Waals surface area contributed by atoms with Crippen LogP contribution in [0.15, 0.2) is 53.0 Å². The Morgan fingerprint density at radius 2 is 2.00 bits per heavy atom. The highest BCUT2D eigenvalue weighted by molar-refractivity contribution is 9.10. The molecule has 0 saturated heterocycles. The van der Waals surface area contributed by atoms with Crippen molar-refractivity contribution in [2.45, 2.75) is 33.1 Å². The molecule has 2 unspecified atom stereocenters. The normalized spacial score (nSPS) is 27.6. The van der Waals surface area contributed by atoms with Crippen molar-refractivity contribution < 1.29 is 9.53 Å². The van der Waals surface area contributed by atoms with Gasteiger partial charge in [0.1, 0.15) is 5.75 Å². The minimum absolute atomic E-state index is 0.0257. The molecule has 0 radical (unpaired) electrons. The second kappa shape index (κ2) is 5.19. The Bertz CT molecular complexity index is 867. The van der Waals surface area contributed by atoms with Crippen molar-refractivity contribution in [3.63, 3.8) is 0 Å². The number of hydrogen-bond donors (Lipinski definition) is 0. The van der Waals surface area contributed by atoms with Crippen molar-refractivity contribution >= 4 is 32.7 Å². The van der Waals surface area contributed by atoms with E-state index in [-0.39, 0.29) is 11.4 Å². The lowest BCUT2D eigenvalue weighted by molar-refractivity contribution is -0.143. The number of hydrogen-bond acceptors (Lipinski definition) is 2. The van der Waals surface area contributed by atoms with Gasteiger partial charge in [0.2, 0.25) is 0 Å². The summed E-state index contributed by atoms with van der Waals surface area (Å²) in [4.78, 5) is 13.1. The number of halogens is 1. The van der Waals surface area contributed by atoms with E-state index in [4.69, 9.17) is 4.74 Å². The van der Waals surface area contributed by atoms with Crippen molar-refractivity contribution in [1.29, 1.82) is 0 Å². The number of fused-ring (bicyclic) bond motifs is 3. The smallest absolute Gasteiger partial charge is 0.321 e. The van der Waals surface area contributed by atoms with Gasteiger partial charge in [-0.15, -0.1) is 0 Å². The molecule has 2 atom stereocenters. The van der Waals surface area contributed by atoms with Crippen LogP contribution in [0.25, 0.3) is 10.8 Å². The van der Waals surface area contributed by atoms with E-state index in [2.05, 4.69) is 36.4 Å². The first-order valence-electron chi connectivity index (χ1n) is 8.46. The van der Waals surface area contributed by atoms with E-state index in [1.165, 1.54) is 0 Å². The maximum absolute atomic E-state index is 13.1. The fourth-order valence-corrected chi connectivity index (χ4v) is 5.17. The Kier molecular flexibility index (Phi) is 3.44. The maximum Gasteiger partial charge on any atom is 0.321 e. The number of esters is 1. The number of carbonyl (C=O) groups is 1. The van der Waals surface area contributed by atoms with E-state index in [0.29, 0.717) is 11.7 Å². The Morgan fingerprint density at radius 3 is 2.71 bits per heavy atom. The molecule has 0 aliphatic heterocycles. The van der Waals surface area contributed by atoms with Gasteiger partial charge in [0.15, 0.2) is 0 Å². The summed E-state index contributed by atoms with van der Waals surface area (Å²) in [5.41, 5.74) is 0.574. The Hall–Kier alpha value is -1.61. The molecule has 2 aliphatic carbocycles. The fraction of sp³-hybridized carbons (Fsp3) is 0.381. The minimum atomic E-state index is -0.501. The zero-order valence-corrected chi connectivity index (χ0v) is 15.7. The summed E-state index contributed by atoms with van der Waals surface area (Å²) in [6, 6.07) is 11.9. The molecule has 0 N–H and O–H groups in total. The summed E-state index contributed by atoms with van der Waals surface area (Å²) in [6.45, 7) is 8.70. The monoisotopic (exact) mass is 384 g/mol.